The highest BCUT2D eigenvalue weighted by atomic mass is 19.4. The van der Waals surface area contributed by atoms with Gasteiger partial charge in [0.2, 0.25) is 5.91 Å². The van der Waals surface area contributed by atoms with Crippen molar-refractivity contribution in [1.82, 2.24) is 9.47 Å². The van der Waals surface area contributed by atoms with Gasteiger partial charge in [0, 0.05) is 25.5 Å². The quantitative estimate of drug-likeness (QED) is 0.931. The third-order valence-electron chi connectivity index (χ3n) is 3.44. The van der Waals surface area contributed by atoms with Crippen molar-refractivity contribution in [2.75, 3.05) is 13.1 Å². The maximum Gasteiger partial charge on any atom is 0.418 e. The van der Waals surface area contributed by atoms with Gasteiger partial charge in [0.1, 0.15) is 6.54 Å². The second kappa shape index (κ2) is 5.79. The zero-order valence-electron chi connectivity index (χ0n) is 11.2. The topological polar surface area (TPSA) is 62.5 Å². The summed E-state index contributed by atoms with van der Waals surface area (Å²) in [4.78, 5) is 24.4. The molecule has 0 unspecified atom stereocenters. The molecule has 1 aromatic rings. The van der Waals surface area contributed by atoms with Crippen LogP contribution in [-0.2, 0) is 17.5 Å². The molecule has 1 amide bonds. The highest BCUT2D eigenvalue weighted by molar-refractivity contribution is 5.89. The van der Waals surface area contributed by atoms with Gasteiger partial charge in [-0.2, -0.15) is 13.2 Å². The van der Waals surface area contributed by atoms with E-state index in [2.05, 4.69) is 0 Å². The second-order valence-electron chi connectivity index (χ2n) is 5.00. The monoisotopic (exact) mass is 304 g/mol. The number of amides is 1. The first-order chi connectivity index (χ1) is 9.79. The number of carbonyl (C=O) groups is 2. The second-order valence-corrected chi connectivity index (χ2v) is 5.00. The lowest BCUT2D eigenvalue weighted by atomic mass is 10.1. The third-order valence-corrected chi connectivity index (χ3v) is 3.44. The lowest BCUT2D eigenvalue weighted by molar-refractivity contribution is -0.138. The van der Waals surface area contributed by atoms with E-state index in [0.29, 0.717) is 19.3 Å². The Labute approximate surface area is 119 Å². The summed E-state index contributed by atoms with van der Waals surface area (Å²) >= 11 is 0. The number of hydrogen-bond acceptors (Lipinski definition) is 2. The zero-order chi connectivity index (χ0) is 15.6. The molecule has 2 heterocycles. The molecule has 21 heavy (non-hydrogen) atoms. The van der Waals surface area contributed by atoms with Gasteiger partial charge in [0.15, 0.2) is 0 Å². The fraction of sp³-hybridized carbons (Fsp3) is 0.538. The van der Waals surface area contributed by atoms with Crippen molar-refractivity contribution in [3.05, 3.63) is 23.5 Å². The summed E-state index contributed by atoms with van der Waals surface area (Å²) < 4.78 is 39.2. The van der Waals surface area contributed by atoms with Crippen LogP contribution in [0.15, 0.2) is 12.4 Å². The summed E-state index contributed by atoms with van der Waals surface area (Å²) in [7, 11) is 0. The maximum absolute atomic E-state index is 12.7. The standard InChI is InChI=1S/C13H15F3N2O3/c14-13(15,16)10-7-17(6-9(10)12(20)21)8-11(19)18-4-2-1-3-5-18/h6-7H,1-5,8H2,(H,20,21). The minimum Gasteiger partial charge on any atom is -0.478 e. The van der Waals surface area contributed by atoms with Gasteiger partial charge in [-0.25, -0.2) is 4.79 Å². The average molecular weight is 304 g/mol. The van der Waals surface area contributed by atoms with E-state index in [9.17, 15) is 22.8 Å². The van der Waals surface area contributed by atoms with E-state index in [-0.39, 0.29) is 12.5 Å². The molecule has 1 saturated heterocycles. The number of piperidine rings is 1. The van der Waals surface area contributed by atoms with Crippen LogP contribution >= 0.6 is 0 Å². The first-order valence-corrected chi connectivity index (χ1v) is 6.57. The molecule has 1 aliphatic rings. The number of aromatic carboxylic acids is 1. The van der Waals surface area contributed by atoms with Crippen molar-refractivity contribution < 1.29 is 27.9 Å². The lowest BCUT2D eigenvalue weighted by Gasteiger charge is -2.26. The predicted molar refractivity (Wildman–Crippen MR) is 66.8 cm³/mol. The molecule has 0 saturated carbocycles. The number of alkyl halides is 3. The van der Waals surface area contributed by atoms with Gasteiger partial charge >= 0.3 is 12.1 Å². The highest BCUT2D eigenvalue weighted by Crippen LogP contribution is 2.32. The third kappa shape index (κ3) is 3.56. The molecule has 0 spiro atoms. The summed E-state index contributed by atoms with van der Waals surface area (Å²) in [5.74, 6) is -1.96. The molecule has 1 fully saturated rings. The number of hydrogen-bond donors (Lipinski definition) is 1. The van der Waals surface area contributed by atoms with Crippen molar-refractivity contribution in [1.29, 1.82) is 0 Å². The summed E-state index contributed by atoms with van der Waals surface area (Å²) in [6.45, 7) is 0.909. The van der Waals surface area contributed by atoms with Gasteiger partial charge in [-0.15, -0.1) is 0 Å². The average Bonchev–Trinajstić information content (AvgIpc) is 2.84. The molecule has 0 aliphatic carbocycles. The smallest absolute Gasteiger partial charge is 0.418 e. The number of likely N-dealkylation sites (tertiary alicyclic amines) is 1. The lowest BCUT2D eigenvalue weighted by Crippen LogP contribution is -2.37. The molecular weight excluding hydrogens is 289 g/mol. The number of carboxylic acid groups (broad SMARTS) is 1. The van der Waals surface area contributed by atoms with E-state index >= 15 is 0 Å². The van der Waals surface area contributed by atoms with Crippen LogP contribution < -0.4 is 0 Å². The Morgan fingerprint density at radius 3 is 2.24 bits per heavy atom. The SMILES string of the molecule is O=C(O)c1cn(CC(=O)N2CCCCC2)cc1C(F)(F)F. The van der Waals surface area contributed by atoms with Crippen molar-refractivity contribution in [2.45, 2.75) is 32.0 Å². The van der Waals surface area contributed by atoms with E-state index in [1.807, 2.05) is 0 Å². The number of rotatable bonds is 3. The van der Waals surface area contributed by atoms with Crippen LogP contribution in [0.25, 0.3) is 0 Å². The molecule has 2 rings (SSSR count). The van der Waals surface area contributed by atoms with Crippen molar-refractivity contribution in [3.63, 3.8) is 0 Å². The van der Waals surface area contributed by atoms with Gasteiger partial charge in [0.05, 0.1) is 11.1 Å². The van der Waals surface area contributed by atoms with Crippen molar-refractivity contribution in [3.8, 4) is 0 Å². The van der Waals surface area contributed by atoms with Gasteiger partial charge in [0.25, 0.3) is 0 Å². The molecule has 0 aromatic carbocycles. The molecular formula is C13H15F3N2O3. The summed E-state index contributed by atoms with van der Waals surface area (Å²) in [6.07, 6.45) is -0.433. The van der Waals surface area contributed by atoms with Gasteiger partial charge in [-0.05, 0) is 19.3 Å². The Morgan fingerprint density at radius 1 is 1.14 bits per heavy atom. The fourth-order valence-electron chi connectivity index (χ4n) is 2.40. The zero-order valence-corrected chi connectivity index (χ0v) is 11.2. The molecule has 0 radical (unpaired) electrons. The van der Waals surface area contributed by atoms with E-state index in [4.69, 9.17) is 5.11 Å². The van der Waals surface area contributed by atoms with E-state index < -0.39 is 23.3 Å². The number of carboxylic acids is 1. The first-order valence-electron chi connectivity index (χ1n) is 6.57. The van der Waals surface area contributed by atoms with Crippen LogP contribution in [0, 0.1) is 0 Å². The number of halogens is 3. The van der Waals surface area contributed by atoms with Crippen LogP contribution in [0.2, 0.25) is 0 Å². The molecule has 1 aliphatic heterocycles. The summed E-state index contributed by atoms with van der Waals surface area (Å²) in [5.41, 5.74) is -2.07. The Morgan fingerprint density at radius 2 is 1.76 bits per heavy atom. The molecule has 1 N–H and O–H groups in total. The van der Waals surface area contributed by atoms with Gasteiger partial charge < -0.3 is 14.6 Å². The minimum absolute atomic E-state index is 0.281. The Balaban J connectivity index is 2.17. The van der Waals surface area contributed by atoms with E-state index in [0.717, 1.165) is 30.0 Å². The number of aromatic nitrogens is 1. The van der Waals surface area contributed by atoms with Crippen molar-refractivity contribution >= 4 is 11.9 Å². The largest absolute Gasteiger partial charge is 0.478 e. The summed E-state index contributed by atoms with van der Waals surface area (Å²) in [6, 6.07) is 0. The van der Waals surface area contributed by atoms with Gasteiger partial charge in [-0.3, -0.25) is 4.79 Å². The number of carbonyl (C=O) groups excluding carboxylic acids is 1. The molecule has 1 aromatic heterocycles. The highest BCUT2D eigenvalue weighted by Gasteiger charge is 2.37. The Kier molecular flexibility index (Phi) is 4.24. The van der Waals surface area contributed by atoms with Crippen LogP contribution in [-0.4, -0.2) is 39.5 Å². The molecule has 8 heteroatoms. The van der Waals surface area contributed by atoms with Crippen LogP contribution in [0.5, 0.6) is 0 Å². The van der Waals surface area contributed by atoms with Crippen LogP contribution in [0.1, 0.15) is 35.2 Å². The maximum atomic E-state index is 12.7. The van der Waals surface area contributed by atoms with Crippen molar-refractivity contribution in [2.24, 2.45) is 0 Å². The Bertz CT molecular complexity index is 545. The Hall–Kier alpha value is -1.99. The normalized spacial score (nSPS) is 16.0. The molecule has 5 nitrogen and oxygen atoms in total. The van der Waals surface area contributed by atoms with E-state index in [1.54, 1.807) is 4.90 Å². The summed E-state index contributed by atoms with van der Waals surface area (Å²) in [5, 5.41) is 8.82. The number of nitrogens with zero attached hydrogens (tertiary/aromatic N) is 2. The fourth-order valence-corrected chi connectivity index (χ4v) is 2.40. The molecule has 0 bridgehead atoms. The van der Waals surface area contributed by atoms with Gasteiger partial charge in [-0.1, -0.05) is 0 Å². The minimum atomic E-state index is -4.76. The molecule has 0 atom stereocenters. The molecule has 116 valence electrons. The first kappa shape index (κ1) is 15.4. The van der Waals surface area contributed by atoms with E-state index in [1.165, 1.54) is 0 Å². The van der Waals surface area contributed by atoms with Crippen LogP contribution in [0.4, 0.5) is 13.2 Å². The predicted octanol–water partition coefficient (Wildman–Crippen LogP) is 2.22. The van der Waals surface area contributed by atoms with Crippen LogP contribution in [0.3, 0.4) is 0 Å².